The lowest BCUT2D eigenvalue weighted by molar-refractivity contribution is 0.226. The lowest BCUT2D eigenvalue weighted by Gasteiger charge is -2.22. The minimum atomic E-state index is -0.498. The van der Waals surface area contributed by atoms with E-state index < -0.39 is 6.10 Å². The second-order valence-corrected chi connectivity index (χ2v) is 7.00. The second kappa shape index (κ2) is 7.98. The van der Waals surface area contributed by atoms with Gasteiger partial charge in [0.1, 0.15) is 11.9 Å². The molecular formula is C22H23FN6O. The van der Waals surface area contributed by atoms with Crippen molar-refractivity contribution in [3.8, 4) is 11.4 Å². The molecule has 1 aliphatic heterocycles. The van der Waals surface area contributed by atoms with Crippen LogP contribution in [0.15, 0.2) is 59.5 Å². The van der Waals surface area contributed by atoms with E-state index in [0.717, 1.165) is 28.2 Å². The number of nitrogens with zero attached hydrogens (tertiary/aromatic N) is 4. The molecule has 0 amide bonds. The summed E-state index contributed by atoms with van der Waals surface area (Å²) in [5.41, 5.74) is 16.6. The fourth-order valence-corrected chi connectivity index (χ4v) is 3.61. The van der Waals surface area contributed by atoms with E-state index in [1.165, 1.54) is 12.1 Å². The summed E-state index contributed by atoms with van der Waals surface area (Å²) in [6.07, 6.45) is 4.89. The van der Waals surface area contributed by atoms with Crippen LogP contribution in [0.25, 0.3) is 5.69 Å². The zero-order valence-electron chi connectivity index (χ0n) is 16.8. The quantitative estimate of drug-likeness (QED) is 0.645. The Morgan fingerprint density at radius 3 is 2.93 bits per heavy atom. The molecule has 0 saturated carbocycles. The Kier molecular flexibility index (Phi) is 5.22. The summed E-state index contributed by atoms with van der Waals surface area (Å²) < 4.78 is 22.0. The van der Waals surface area contributed by atoms with E-state index in [1.807, 2.05) is 19.9 Å². The van der Waals surface area contributed by atoms with Gasteiger partial charge in [0, 0.05) is 42.2 Å². The third-order valence-electron chi connectivity index (χ3n) is 5.03. The smallest absolute Gasteiger partial charge is 0.166 e. The van der Waals surface area contributed by atoms with Gasteiger partial charge in [-0.05, 0) is 56.0 Å². The van der Waals surface area contributed by atoms with Crippen LogP contribution in [-0.4, -0.2) is 27.0 Å². The van der Waals surface area contributed by atoms with E-state index in [1.54, 1.807) is 35.4 Å². The maximum Gasteiger partial charge on any atom is 0.166 e. The summed E-state index contributed by atoms with van der Waals surface area (Å²) in [6, 6.07) is 8.26. The third kappa shape index (κ3) is 3.52. The normalized spacial score (nSPS) is 18.8. The highest BCUT2D eigenvalue weighted by molar-refractivity contribution is 6.13. The van der Waals surface area contributed by atoms with Crippen molar-refractivity contribution in [1.82, 2.24) is 14.8 Å². The summed E-state index contributed by atoms with van der Waals surface area (Å²) in [5, 5.41) is 4.47. The maximum absolute atomic E-state index is 14.1. The van der Waals surface area contributed by atoms with Gasteiger partial charge in [0.25, 0.3) is 0 Å². The number of hydrogen-bond acceptors (Lipinski definition) is 6. The predicted octanol–water partition coefficient (Wildman–Crippen LogP) is 3.34. The van der Waals surface area contributed by atoms with Crippen LogP contribution in [0.3, 0.4) is 0 Å². The number of aromatic nitrogens is 3. The standard InChI is InChI=1S/C22H23FN6O/c1-3-26-21-14(11-24)8-17-6-7-28-29(17)19-5-4-16(23)10-18(19)13(2)30-20-9-15(21)12-27-22(20)25/h4-7,9-13H,3,8,24H2,1-2H3,(H2,25,27). The van der Waals surface area contributed by atoms with Gasteiger partial charge in [-0.1, -0.05) is 0 Å². The third-order valence-corrected chi connectivity index (χ3v) is 5.03. The SMILES string of the molecule is CCN=C1C(=CN)Cc2ccnn2-c2ccc(F)cc2C(C)Oc2cc1cnc2N. The first kappa shape index (κ1) is 19.6. The van der Waals surface area contributed by atoms with E-state index in [4.69, 9.17) is 16.2 Å². The second-order valence-electron chi connectivity index (χ2n) is 7.00. The van der Waals surface area contributed by atoms with Crippen molar-refractivity contribution >= 4 is 11.5 Å². The number of halogens is 1. The number of fused-ring (bicyclic) bond motifs is 5. The van der Waals surface area contributed by atoms with Crippen LogP contribution in [0.5, 0.6) is 5.75 Å². The highest BCUT2D eigenvalue weighted by atomic mass is 19.1. The van der Waals surface area contributed by atoms with Gasteiger partial charge < -0.3 is 16.2 Å². The average molecular weight is 406 g/mol. The average Bonchev–Trinajstić information content (AvgIpc) is 3.19. The minimum absolute atomic E-state index is 0.245. The fraction of sp³-hybridized carbons (Fsp3) is 0.227. The molecule has 154 valence electrons. The number of aliphatic imine (C=N–C) groups is 1. The van der Waals surface area contributed by atoms with Crippen molar-refractivity contribution in [2.75, 3.05) is 12.3 Å². The molecule has 0 fully saturated rings. The predicted molar refractivity (Wildman–Crippen MR) is 114 cm³/mol. The lowest BCUT2D eigenvalue weighted by atomic mass is 9.99. The Morgan fingerprint density at radius 2 is 2.17 bits per heavy atom. The minimum Gasteiger partial charge on any atom is -0.482 e. The Labute approximate surface area is 173 Å². The Morgan fingerprint density at radius 1 is 1.33 bits per heavy atom. The number of rotatable bonds is 1. The number of nitrogen functional groups attached to an aromatic ring is 1. The van der Waals surface area contributed by atoms with Crippen LogP contribution in [0.1, 0.15) is 36.8 Å². The van der Waals surface area contributed by atoms with Crippen LogP contribution in [-0.2, 0) is 6.42 Å². The molecule has 0 aliphatic carbocycles. The topological polar surface area (TPSA) is 104 Å². The summed E-state index contributed by atoms with van der Waals surface area (Å²) in [7, 11) is 0. The molecule has 4 N–H and O–H groups in total. The first-order valence-corrected chi connectivity index (χ1v) is 9.72. The van der Waals surface area contributed by atoms with E-state index in [-0.39, 0.29) is 11.6 Å². The van der Waals surface area contributed by atoms with Crippen molar-refractivity contribution in [3.05, 3.63) is 77.1 Å². The molecule has 1 aliphatic rings. The van der Waals surface area contributed by atoms with Crippen molar-refractivity contribution in [3.63, 3.8) is 0 Å². The number of pyridine rings is 1. The highest BCUT2D eigenvalue weighted by Crippen LogP contribution is 2.32. The first-order valence-electron chi connectivity index (χ1n) is 9.72. The highest BCUT2D eigenvalue weighted by Gasteiger charge is 2.22. The van der Waals surface area contributed by atoms with Gasteiger partial charge >= 0.3 is 0 Å². The number of benzene rings is 1. The molecule has 3 aromatic rings. The molecule has 30 heavy (non-hydrogen) atoms. The van der Waals surface area contributed by atoms with Crippen LogP contribution in [0, 0.1) is 5.82 Å². The van der Waals surface area contributed by atoms with E-state index in [2.05, 4.69) is 15.1 Å². The lowest BCUT2D eigenvalue weighted by Crippen LogP contribution is -2.17. The molecule has 0 spiro atoms. The molecule has 8 heteroatoms. The van der Waals surface area contributed by atoms with Crippen molar-refractivity contribution in [2.24, 2.45) is 10.7 Å². The van der Waals surface area contributed by atoms with Crippen LogP contribution < -0.4 is 16.2 Å². The summed E-state index contributed by atoms with van der Waals surface area (Å²) >= 11 is 0. The molecule has 7 nitrogen and oxygen atoms in total. The van der Waals surface area contributed by atoms with Crippen LogP contribution in [0.2, 0.25) is 0 Å². The van der Waals surface area contributed by atoms with Gasteiger partial charge in [0.15, 0.2) is 11.6 Å². The van der Waals surface area contributed by atoms with Crippen LogP contribution >= 0.6 is 0 Å². The molecule has 2 aromatic heterocycles. The molecule has 2 bridgehead atoms. The Hall–Kier alpha value is -3.68. The first-order chi connectivity index (χ1) is 14.5. The van der Waals surface area contributed by atoms with E-state index in [0.29, 0.717) is 24.3 Å². The van der Waals surface area contributed by atoms with Gasteiger partial charge in [-0.15, -0.1) is 0 Å². The number of hydrogen-bond donors (Lipinski definition) is 2. The van der Waals surface area contributed by atoms with Gasteiger partial charge in [-0.25, -0.2) is 14.1 Å². The van der Waals surface area contributed by atoms with Crippen molar-refractivity contribution in [1.29, 1.82) is 0 Å². The molecule has 1 unspecified atom stereocenters. The largest absolute Gasteiger partial charge is 0.482 e. The molecule has 4 rings (SSSR count). The van der Waals surface area contributed by atoms with Crippen molar-refractivity contribution in [2.45, 2.75) is 26.4 Å². The molecule has 0 radical (unpaired) electrons. The maximum atomic E-state index is 14.1. The van der Waals surface area contributed by atoms with Gasteiger partial charge in [0.05, 0.1) is 11.4 Å². The number of ether oxygens (including phenoxy) is 1. The molecule has 1 aromatic carbocycles. The van der Waals surface area contributed by atoms with E-state index in [9.17, 15) is 4.39 Å². The van der Waals surface area contributed by atoms with E-state index >= 15 is 0 Å². The van der Waals surface area contributed by atoms with Gasteiger partial charge in [0.2, 0.25) is 0 Å². The van der Waals surface area contributed by atoms with Gasteiger partial charge in [-0.2, -0.15) is 5.10 Å². The van der Waals surface area contributed by atoms with Gasteiger partial charge in [-0.3, -0.25) is 4.99 Å². The number of anilines is 1. The summed E-state index contributed by atoms with van der Waals surface area (Å²) in [4.78, 5) is 8.94. The summed E-state index contributed by atoms with van der Waals surface area (Å²) in [6.45, 7) is 4.37. The number of nitrogens with two attached hydrogens (primary N) is 2. The number of allylic oxidation sites excluding steroid dienone is 1. The zero-order chi connectivity index (χ0) is 21.3. The Balaban J connectivity index is 1.98. The summed E-state index contributed by atoms with van der Waals surface area (Å²) in [5.74, 6) is 0.288. The molecule has 0 saturated heterocycles. The Bertz CT molecular complexity index is 1150. The fourth-order valence-electron chi connectivity index (χ4n) is 3.61. The van der Waals surface area contributed by atoms with Crippen molar-refractivity contribution < 1.29 is 9.13 Å². The molecule has 3 heterocycles. The van der Waals surface area contributed by atoms with Crippen LogP contribution in [0.4, 0.5) is 10.2 Å². The zero-order valence-corrected chi connectivity index (χ0v) is 16.8. The molecular weight excluding hydrogens is 383 g/mol. The monoisotopic (exact) mass is 406 g/mol. The molecule has 1 atom stereocenters.